The fourth-order valence-electron chi connectivity index (χ4n) is 6.83. The molecule has 3 amide bonds. The highest BCUT2D eigenvalue weighted by atomic mass is 35.5. The minimum atomic E-state index is -0.427. The normalized spacial score (nSPS) is 18.1. The number of hydrogen-bond acceptors (Lipinski definition) is 6. The van der Waals surface area contributed by atoms with E-state index in [0.29, 0.717) is 47.7 Å². The van der Waals surface area contributed by atoms with Crippen LogP contribution >= 0.6 is 23.2 Å². The van der Waals surface area contributed by atoms with E-state index in [1.807, 2.05) is 71.3 Å². The maximum absolute atomic E-state index is 14.9. The van der Waals surface area contributed by atoms with Crippen LogP contribution in [-0.2, 0) is 10.2 Å². The van der Waals surface area contributed by atoms with E-state index in [-0.39, 0.29) is 17.4 Å². The third kappa shape index (κ3) is 9.83. The average Bonchev–Trinajstić information content (AvgIpc) is 3.51. The van der Waals surface area contributed by atoms with Crippen LogP contribution in [0.4, 0.5) is 4.79 Å². The third-order valence-electron chi connectivity index (χ3n) is 9.73. The molecule has 2 aliphatic rings. The van der Waals surface area contributed by atoms with Crippen LogP contribution in [0.5, 0.6) is 5.75 Å². The first kappa shape index (κ1) is 38.6. The molecule has 11 heteroatoms. The highest BCUT2D eigenvalue weighted by molar-refractivity contribution is 6.30. The van der Waals surface area contributed by atoms with Gasteiger partial charge in [0.15, 0.2) is 0 Å². The van der Waals surface area contributed by atoms with Gasteiger partial charge in [0.25, 0.3) is 0 Å². The Hall–Kier alpha value is -3.63. The Morgan fingerprint density at radius 2 is 1.47 bits per heavy atom. The lowest BCUT2D eigenvalue weighted by Crippen LogP contribution is -2.54. The Morgan fingerprint density at radius 1 is 0.863 bits per heavy atom. The molecular weight excluding hydrogens is 685 g/mol. The van der Waals surface area contributed by atoms with Crippen molar-refractivity contribution in [3.05, 3.63) is 99.0 Å². The predicted molar refractivity (Wildman–Crippen MR) is 204 cm³/mol. The number of aliphatic imine (C=N–C) groups is 1. The largest absolute Gasteiger partial charge is 0.493 e. The van der Waals surface area contributed by atoms with Gasteiger partial charge in [0.2, 0.25) is 5.91 Å². The molecule has 3 aromatic carbocycles. The minimum absolute atomic E-state index is 0.0842. The molecule has 0 saturated carbocycles. The van der Waals surface area contributed by atoms with Gasteiger partial charge in [0.05, 0.1) is 18.2 Å². The molecule has 2 unspecified atom stereocenters. The summed E-state index contributed by atoms with van der Waals surface area (Å²) in [4.78, 5) is 37.8. The number of carbonyl (C=O) groups is 2. The summed E-state index contributed by atoms with van der Waals surface area (Å²) in [6.07, 6.45) is 5.29. The molecule has 0 aliphatic carbocycles. The number of hydroxylamine groups is 1. The van der Waals surface area contributed by atoms with Gasteiger partial charge in [-0.15, -0.1) is 0 Å². The first-order chi connectivity index (χ1) is 24.5. The van der Waals surface area contributed by atoms with Crippen LogP contribution in [-0.4, -0.2) is 77.0 Å². The number of amides is 3. The Kier molecular flexibility index (Phi) is 13.4. The van der Waals surface area contributed by atoms with Crippen molar-refractivity contribution in [3.63, 3.8) is 0 Å². The molecule has 1 saturated heterocycles. The molecule has 51 heavy (non-hydrogen) atoms. The van der Waals surface area contributed by atoms with Crippen LogP contribution in [0.3, 0.4) is 0 Å². The molecule has 2 aliphatic heterocycles. The zero-order valence-electron chi connectivity index (χ0n) is 30.2. The number of urea groups is 1. The van der Waals surface area contributed by atoms with E-state index in [1.165, 1.54) is 0 Å². The summed E-state index contributed by atoms with van der Waals surface area (Å²) in [7, 11) is 0. The number of piperazine rings is 1. The molecule has 1 fully saturated rings. The molecule has 5 rings (SSSR count). The van der Waals surface area contributed by atoms with E-state index in [1.54, 1.807) is 5.48 Å². The zero-order valence-corrected chi connectivity index (χ0v) is 31.7. The molecule has 0 spiro atoms. The summed E-state index contributed by atoms with van der Waals surface area (Å²) in [5.41, 5.74) is 5.41. The monoisotopic (exact) mass is 735 g/mol. The van der Waals surface area contributed by atoms with Crippen molar-refractivity contribution in [1.82, 2.24) is 20.2 Å². The molecule has 0 aromatic heterocycles. The number of benzene rings is 3. The number of unbranched alkanes of at least 4 members (excludes halogenated alkanes) is 4. The zero-order chi connectivity index (χ0) is 36.5. The van der Waals surface area contributed by atoms with Crippen molar-refractivity contribution >= 4 is 41.0 Å². The molecule has 2 N–H and O–H groups in total. The van der Waals surface area contributed by atoms with Crippen LogP contribution in [0.25, 0.3) is 0 Å². The number of nitrogens with zero attached hydrogens (tertiary/aromatic N) is 4. The summed E-state index contributed by atoms with van der Waals surface area (Å²) < 4.78 is 6.27. The Labute approximate surface area is 312 Å². The van der Waals surface area contributed by atoms with Gasteiger partial charge in [-0.3, -0.25) is 24.8 Å². The van der Waals surface area contributed by atoms with Crippen LogP contribution < -0.4 is 10.2 Å². The Bertz CT molecular complexity index is 1650. The summed E-state index contributed by atoms with van der Waals surface area (Å²) in [6, 6.07) is 20.8. The topological polar surface area (TPSA) is 97.7 Å². The van der Waals surface area contributed by atoms with E-state index >= 15 is 0 Å². The number of halogens is 2. The smallest absolute Gasteiger partial charge is 0.326 e. The molecule has 2 atom stereocenters. The minimum Gasteiger partial charge on any atom is -0.493 e. The molecule has 0 radical (unpaired) electrons. The number of ether oxygens (including phenoxy) is 1. The van der Waals surface area contributed by atoms with Crippen molar-refractivity contribution < 1.29 is 19.5 Å². The van der Waals surface area contributed by atoms with E-state index in [9.17, 15) is 9.59 Å². The molecule has 9 nitrogen and oxygen atoms in total. The summed E-state index contributed by atoms with van der Waals surface area (Å²) in [5.74, 6) is 0.959. The lowest BCUT2D eigenvalue weighted by atomic mass is 9.86. The molecule has 2 heterocycles. The Balaban J connectivity index is 1.41. The van der Waals surface area contributed by atoms with Crippen molar-refractivity contribution in [1.29, 1.82) is 0 Å². The van der Waals surface area contributed by atoms with E-state index in [2.05, 4.69) is 37.8 Å². The van der Waals surface area contributed by atoms with Gasteiger partial charge in [-0.1, -0.05) is 93.6 Å². The van der Waals surface area contributed by atoms with E-state index < -0.39 is 12.1 Å². The van der Waals surface area contributed by atoms with Gasteiger partial charge >= 0.3 is 6.03 Å². The quantitative estimate of drug-likeness (QED) is 0.104. The maximum Gasteiger partial charge on any atom is 0.326 e. The van der Waals surface area contributed by atoms with E-state index in [4.69, 9.17) is 38.1 Å². The second kappa shape index (κ2) is 17.7. The van der Waals surface area contributed by atoms with E-state index in [0.717, 1.165) is 74.0 Å². The number of amidine groups is 1. The number of nitrogens with one attached hydrogen (secondary N) is 1. The molecule has 0 bridgehead atoms. The summed E-state index contributed by atoms with van der Waals surface area (Å²) in [6.45, 7) is 12.8. The summed E-state index contributed by atoms with van der Waals surface area (Å²) in [5, 5.41) is 9.92. The maximum atomic E-state index is 14.9. The number of carbonyl (C=O) groups excluding carboxylic acids is 2. The van der Waals surface area contributed by atoms with Crippen molar-refractivity contribution in [3.8, 4) is 5.75 Å². The van der Waals surface area contributed by atoms with Gasteiger partial charge in [-0.05, 0) is 84.8 Å². The first-order valence-electron chi connectivity index (χ1n) is 18.1. The van der Waals surface area contributed by atoms with Gasteiger partial charge in [-0.25, -0.2) is 10.3 Å². The fourth-order valence-corrected chi connectivity index (χ4v) is 7.08. The number of hydrogen-bond donors (Lipinski definition) is 2. The second-order valence-electron chi connectivity index (χ2n) is 14.4. The fraction of sp³-hybridized carbons (Fsp3) is 0.475. The lowest BCUT2D eigenvalue weighted by Gasteiger charge is -2.39. The Morgan fingerprint density at radius 3 is 2.08 bits per heavy atom. The van der Waals surface area contributed by atoms with Crippen molar-refractivity contribution in [2.24, 2.45) is 4.99 Å². The van der Waals surface area contributed by atoms with Crippen LogP contribution in [0, 0.1) is 0 Å². The first-order valence-corrected chi connectivity index (χ1v) is 18.9. The van der Waals surface area contributed by atoms with Crippen LogP contribution in [0.2, 0.25) is 10.0 Å². The molecule has 274 valence electrons. The lowest BCUT2D eigenvalue weighted by molar-refractivity contribution is -0.129. The van der Waals surface area contributed by atoms with Gasteiger partial charge in [0, 0.05) is 42.6 Å². The van der Waals surface area contributed by atoms with Crippen molar-refractivity contribution in [2.45, 2.75) is 83.7 Å². The third-order valence-corrected chi connectivity index (χ3v) is 10.2. The highest BCUT2D eigenvalue weighted by Gasteiger charge is 2.45. The second-order valence-corrected chi connectivity index (χ2v) is 15.2. The van der Waals surface area contributed by atoms with Gasteiger partial charge in [0.1, 0.15) is 17.6 Å². The molecule has 3 aromatic rings. The predicted octanol–water partition coefficient (Wildman–Crippen LogP) is 8.82. The summed E-state index contributed by atoms with van der Waals surface area (Å²) >= 11 is 12.7. The SMILES string of the molecule is CCOc1cc(C(C)(C)C)ccc1C1=NC(c2ccc(Cl)cc2)C(c2ccc(Cl)cc2)N1C(=O)N1CCN(CCCCCCCC(=O)NO)CC1. The van der Waals surface area contributed by atoms with Gasteiger partial charge in [-0.2, -0.15) is 0 Å². The average molecular weight is 737 g/mol. The standard InChI is InChI=1S/C40H51Cl2N5O4/c1-5-51-34-27-30(40(2,3)4)16-21-33(34)38-43-36(28-12-17-31(41)18-13-28)37(29-14-19-32(42)20-15-29)47(38)39(49)46-25-23-45(24-26-46)22-10-8-6-7-9-11-35(48)44-50/h12-21,27,36-37,50H,5-11,22-26H2,1-4H3,(H,44,48). The van der Waals surface area contributed by atoms with Crippen LogP contribution in [0.1, 0.15) is 101 Å². The van der Waals surface area contributed by atoms with Crippen molar-refractivity contribution in [2.75, 3.05) is 39.3 Å². The molecular formula is C40H51Cl2N5O4. The number of rotatable bonds is 13. The van der Waals surface area contributed by atoms with Crippen LogP contribution in [0.15, 0.2) is 71.7 Å². The highest BCUT2D eigenvalue weighted by Crippen LogP contribution is 2.46. The van der Waals surface area contributed by atoms with Gasteiger partial charge < -0.3 is 9.64 Å².